The average Bonchev–Trinajstić information content (AvgIpc) is 2.43. The fourth-order valence-corrected chi connectivity index (χ4v) is 1.02. The van der Waals surface area contributed by atoms with Crippen molar-refractivity contribution in [1.29, 1.82) is 0 Å². The van der Waals surface area contributed by atoms with Crippen LogP contribution >= 0.6 is 0 Å². The van der Waals surface area contributed by atoms with E-state index in [1.54, 1.807) is 19.1 Å². The van der Waals surface area contributed by atoms with Crippen molar-refractivity contribution in [2.45, 2.75) is 41.5 Å². The van der Waals surface area contributed by atoms with Crippen LogP contribution in [0, 0.1) is 5.92 Å². The predicted molar refractivity (Wildman–Crippen MR) is 80.1 cm³/mol. The molecule has 0 aliphatic carbocycles. The molecular formula is C15H24N2O2. The summed E-state index contributed by atoms with van der Waals surface area (Å²) in [6.45, 7) is 15.0. The van der Waals surface area contributed by atoms with Gasteiger partial charge in [-0.25, -0.2) is 9.59 Å². The summed E-state index contributed by atoms with van der Waals surface area (Å²) in [4.78, 5) is 27.1. The highest BCUT2D eigenvalue weighted by Crippen LogP contribution is 2.15. The first-order chi connectivity index (χ1) is 9.15. The van der Waals surface area contributed by atoms with Crippen LogP contribution in [0.2, 0.25) is 0 Å². The van der Waals surface area contributed by atoms with E-state index in [0.29, 0.717) is 11.4 Å². The summed E-state index contributed by atoms with van der Waals surface area (Å²) in [6, 6.07) is 0. The lowest BCUT2D eigenvalue weighted by Crippen LogP contribution is -1.93. The van der Waals surface area contributed by atoms with Crippen molar-refractivity contribution >= 4 is 12.2 Å². The first-order valence-corrected chi connectivity index (χ1v) is 6.32. The van der Waals surface area contributed by atoms with Crippen molar-refractivity contribution in [3.63, 3.8) is 0 Å². The molecule has 0 saturated heterocycles. The van der Waals surface area contributed by atoms with Gasteiger partial charge in [-0.1, -0.05) is 53.3 Å². The van der Waals surface area contributed by atoms with Gasteiger partial charge in [0, 0.05) is 11.6 Å². The zero-order valence-corrected chi connectivity index (χ0v) is 12.7. The van der Waals surface area contributed by atoms with E-state index in [0.717, 1.165) is 0 Å². The standard InChI is InChI=1S/C11H12N2O2.2C2H6/c1-4-5-11(13-8-15)9(2)6-10(3)12-7-14;2*1-2/h4-6,9H,1H2,2-3H3;2*1-2H3/b10-6+,11-5+;;. The molecule has 0 rings (SSSR count). The summed E-state index contributed by atoms with van der Waals surface area (Å²) in [5.41, 5.74) is 1.04. The van der Waals surface area contributed by atoms with Crippen LogP contribution in [0.15, 0.2) is 46.2 Å². The summed E-state index contributed by atoms with van der Waals surface area (Å²) in [7, 11) is 0. The van der Waals surface area contributed by atoms with Crippen molar-refractivity contribution in [3.05, 3.63) is 36.2 Å². The van der Waals surface area contributed by atoms with Crippen molar-refractivity contribution in [1.82, 2.24) is 0 Å². The molecule has 0 aliphatic rings. The van der Waals surface area contributed by atoms with Crippen molar-refractivity contribution < 1.29 is 9.59 Å². The summed E-state index contributed by atoms with van der Waals surface area (Å²) >= 11 is 0. The number of nitrogens with zero attached hydrogens (tertiary/aromatic N) is 2. The molecule has 0 N–H and O–H groups in total. The highest BCUT2D eigenvalue weighted by molar-refractivity contribution is 5.39. The Morgan fingerprint density at radius 2 is 1.58 bits per heavy atom. The molecule has 106 valence electrons. The third kappa shape index (κ3) is 13.9. The molecule has 0 saturated carbocycles. The van der Waals surface area contributed by atoms with E-state index >= 15 is 0 Å². The quantitative estimate of drug-likeness (QED) is 0.422. The summed E-state index contributed by atoms with van der Waals surface area (Å²) in [6.07, 6.45) is 7.72. The molecule has 0 aromatic rings. The van der Waals surface area contributed by atoms with Gasteiger partial charge in [-0.2, -0.15) is 9.98 Å². The maximum Gasteiger partial charge on any atom is 0.240 e. The van der Waals surface area contributed by atoms with E-state index in [4.69, 9.17) is 0 Å². The van der Waals surface area contributed by atoms with Crippen LogP contribution in [0.5, 0.6) is 0 Å². The molecule has 0 radical (unpaired) electrons. The lowest BCUT2D eigenvalue weighted by Gasteiger charge is -2.04. The Bertz CT molecular complexity index is 383. The number of allylic oxidation sites excluding steroid dienone is 4. The summed E-state index contributed by atoms with van der Waals surface area (Å²) in [5.74, 6) is -0.137. The Morgan fingerprint density at radius 3 is 1.95 bits per heavy atom. The zero-order chi connectivity index (χ0) is 15.7. The summed E-state index contributed by atoms with van der Waals surface area (Å²) in [5, 5.41) is 0. The molecule has 0 amide bonds. The van der Waals surface area contributed by atoms with Crippen LogP contribution in [-0.2, 0) is 9.59 Å². The van der Waals surface area contributed by atoms with Crippen molar-refractivity contribution in [2.24, 2.45) is 15.9 Å². The Balaban J connectivity index is -0.000000579. The van der Waals surface area contributed by atoms with E-state index in [1.807, 2.05) is 34.6 Å². The molecule has 4 nitrogen and oxygen atoms in total. The van der Waals surface area contributed by atoms with Gasteiger partial charge in [-0.05, 0) is 13.0 Å². The SMILES string of the molecule is C=C/C=C(/N=C=O)C(C)/C=C(\C)N=C=O.CC.CC. The van der Waals surface area contributed by atoms with Gasteiger partial charge in [0.15, 0.2) is 0 Å². The fraction of sp³-hybridized carbons (Fsp3) is 0.467. The first-order valence-electron chi connectivity index (χ1n) is 6.32. The Labute approximate surface area is 116 Å². The number of hydrogen-bond acceptors (Lipinski definition) is 4. The van der Waals surface area contributed by atoms with E-state index in [9.17, 15) is 9.59 Å². The predicted octanol–water partition coefficient (Wildman–Crippen LogP) is 4.32. The van der Waals surface area contributed by atoms with Crippen molar-refractivity contribution in [2.75, 3.05) is 0 Å². The largest absolute Gasteiger partial charge is 0.240 e. The molecule has 0 heterocycles. The molecular weight excluding hydrogens is 240 g/mol. The Kier molecular flexibility index (Phi) is 21.4. The van der Waals surface area contributed by atoms with Crippen LogP contribution in [0.4, 0.5) is 0 Å². The van der Waals surface area contributed by atoms with Crippen molar-refractivity contribution in [3.8, 4) is 0 Å². The Morgan fingerprint density at radius 1 is 1.11 bits per heavy atom. The molecule has 1 unspecified atom stereocenters. The number of rotatable bonds is 5. The number of aliphatic imine (C=N–C) groups is 2. The van der Waals surface area contributed by atoms with Gasteiger partial charge in [0.2, 0.25) is 12.2 Å². The van der Waals surface area contributed by atoms with Crippen LogP contribution in [0.1, 0.15) is 41.5 Å². The average molecular weight is 264 g/mol. The number of hydrogen-bond donors (Lipinski definition) is 0. The number of isocyanates is 2. The second-order valence-corrected chi connectivity index (χ2v) is 2.83. The molecule has 0 bridgehead atoms. The van der Waals surface area contributed by atoms with Crippen LogP contribution < -0.4 is 0 Å². The van der Waals surface area contributed by atoms with E-state index in [-0.39, 0.29) is 5.92 Å². The zero-order valence-electron chi connectivity index (χ0n) is 12.7. The topological polar surface area (TPSA) is 58.9 Å². The molecule has 1 atom stereocenters. The second kappa shape index (κ2) is 18.3. The van der Waals surface area contributed by atoms with E-state index in [1.165, 1.54) is 18.2 Å². The third-order valence-corrected chi connectivity index (χ3v) is 1.64. The molecule has 19 heavy (non-hydrogen) atoms. The molecule has 0 aromatic heterocycles. The summed E-state index contributed by atoms with van der Waals surface area (Å²) < 4.78 is 0. The minimum atomic E-state index is -0.137. The molecule has 0 fully saturated rings. The Hall–Kier alpha value is -2.02. The highest BCUT2D eigenvalue weighted by atomic mass is 16.1. The van der Waals surface area contributed by atoms with Crippen LogP contribution in [-0.4, -0.2) is 12.2 Å². The fourth-order valence-electron chi connectivity index (χ4n) is 1.02. The minimum absolute atomic E-state index is 0.137. The molecule has 0 aliphatic heterocycles. The van der Waals surface area contributed by atoms with Crippen LogP contribution in [0.25, 0.3) is 0 Å². The maximum absolute atomic E-state index is 10.1. The molecule has 4 heteroatoms. The van der Waals surface area contributed by atoms with E-state index < -0.39 is 0 Å². The highest BCUT2D eigenvalue weighted by Gasteiger charge is 2.04. The molecule has 0 spiro atoms. The van der Waals surface area contributed by atoms with E-state index in [2.05, 4.69) is 16.6 Å². The number of carbonyl (C=O) groups excluding carboxylic acids is 2. The third-order valence-electron chi connectivity index (χ3n) is 1.64. The monoisotopic (exact) mass is 264 g/mol. The minimum Gasteiger partial charge on any atom is -0.211 e. The lowest BCUT2D eigenvalue weighted by atomic mass is 10.1. The first kappa shape index (κ1) is 22.2. The lowest BCUT2D eigenvalue weighted by molar-refractivity contribution is 0.562. The van der Waals surface area contributed by atoms with Gasteiger partial charge < -0.3 is 0 Å². The van der Waals surface area contributed by atoms with Gasteiger partial charge in [-0.15, -0.1) is 0 Å². The normalized spacial score (nSPS) is 11.3. The van der Waals surface area contributed by atoms with Gasteiger partial charge >= 0.3 is 0 Å². The van der Waals surface area contributed by atoms with Crippen LogP contribution in [0.3, 0.4) is 0 Å². The second-order valence-electron chi connectivity index (χ2n) is 2.83. The van der Waals surface area contributed by atoms with Gasteiger partial charge in [0.05, 0.1) is 5.70 Å². The van der Waals surface area contributed by atoms with Gasteiger partial charge in [0.1, 0.15) is 0 Å². The molecule has 0 aromatic carbocycles. The van der Waals surface area contributed by atoms with Gasteiger partial charge in [-0.3, -0.25) is 0 Å². The smallest absolute Gasteiger partial charge is 0.211 e. The van der Waals surface area contributed by atoms with Gasteiger partial charge in [0.25, 0.3) is 0 Å². The maximum atomic E-state index is 10.1.